The maximum absolute atomic E-state index is 13.4. The molecule has 0 aliphatic heterocycles. The van der Waals surface area contributed by atoms with E-state index in [1.54, 1.807) is 12.1 Å². The Morgan fingerprint density at radius 2 is 1.85 bits per heavy atom. The van der Waals surface area contributed by atoms with Gasteiger partial charge in [-0.2, -0.15) is 0 Å². The average molecular weight is 293 g/mol. The molecule has 0 atom stereocenters. The van der Waals surface area contributed by atoms with Gasteiger partial charge in [0.2, 0.25) is 5.91 Å². The topological polar surface area (TPSA) is 29.1 Å². The summed E-state index contributed by atoms with van der Waals surface area (Å²) in [6.07, 6.45) is 0.260. The minimum absolute atomic E-state index is 0.133. The summed E-state index contributed by atoms with van der Waals surface area (Å²) < 4.78 is 26.1. The first kappa shape index (κ1) is 14.5. The van der Waals surface area contributed by atoms with Gasteiger partial charge in [0, 0.05) is 28.8 Å². The highest BCUT2D eigenvalue weighted by molar-refractivity contribution is 7.99. The molecule has 1 N–H and O–H groups in total. The molecule has 0 spiro atoms. The summed E-state index contributed by atoms with van der Waals surface area (Å²) >= 11 is 1.19. The van der Waals surface area contributed by atoms with Crippen molar-refractivity contribution in [2.24, 2.45) is 0 Å². The fraction of sp³-hybridized carbons (Fsp3) is 0.133. The second-order valence-electron chi connectivity index (χ2n) is 4.09. The minimum Gasteiger partial charge on any atom is -0.326 e. The van der Waals surface area contributed by atoms with Crippen molar-refractivity contribution in [2.45, 2.75) is 11.3 Å². The van der Waals surface area contributed by atoms with Gasteiger partial charge in [-0.1, -0.05) is 18.2 Å². The van der Waals surface area contributed by atoms with E-state index >= 15 is 0 Å². The van der Waals surface area contributed by atoms with Crippen LogP contribution >= 0.6 is 11.8 Å². The highest BCUT2D eigenvalue weighted by Gasteiger charge is 2.06. The first-order valence-electron chi connectivity index (χ1n) is 6.08. The molecule has 0 fully saturated rings. The molecule has 0 radical (unpaired) electrons. The molecule has 2 nitrogen and oxygen atoms in total. The first-order valence-corrected chi connectivity index (χ1v) is 7.06. The number of benzene rings is 2. The van der Waals surface area contributed by atoms with Crippen LogP contribution in [0.15, 0.2) is 53.4 Å². The number of thioether (sulfide) groups is 1. The molecule has 0 saturated heterocycles. The molecule has 0 heterocycles. The number of para-hydroxylation sites is 1. The van der Waals surface area contributed by atoms with Gasteiger partial charge in [0.25, 0.3) is 0 Å². The Bertz CT molecular complexity index is 590. The first-order chi connectivity index (χ1) is 9.65. The number of anilines is 1. The molecule has 0 saturated carbocycles. The molecule has 0 aliphatic carbocycles. The van der Waals surface area contributed by atoms with Gasteiger partial charge in [0.1, 0.15) is 11.6 Å². The van der Waals surface area contributed by atoms with Crippen molar-refractivity contribution in [3.8, 4) is 0 Å². The van der Waals surface area contributed by atoms with Crippen LogP contribution in [-0.2, 0) is 4.79 Å². The van der Waals surface area contributed by atoms with Crippen LogP contribution < -0.4 is 5.32 Å². The molecular formula is C15H13F2NOS. The normalized spacial score (nSPS) is 10.3. The van der Waals surface area contributed by atoms with Crippen LogP contribution in [0.2, 0.25) is 0 Å². The zero-order valence-electron chi connectivity index (χ0n) is 10.6. The van der Waals surface area contributed by atoms with E-state index in [0.717, 1.165) is 11.8 Å². The molecule has 5 heteroatoms. The fourth-order valence-corrected chi connectivity index (χ4v) is 2.46. The lowest BCUT2D eigenvalue weighted by atomic mass is 10.3. The van der Waals surface area contributed by atoms with Crippen LogP contribution in [0, 0.1) is 11.6 Å². The van der Waals surface area contributed by atoms with Gasteiger partial charge in [-0.05, 0) is 24.3 Å². The van der Waals surface area contributed by atoms with Crippen LogP contribution in [-0.4, -0.2) is 11.7 Å². The summed E-state index contributed by atoms with van der Waals surface area (Å²) in [5, 5.41) is 2.75. The molecule has 0 unspecified atom stereocenters. The number of hydrogen-bond donors (Lipinski definition) is 1. The lowest BCUT2D eigenvalue weighted by Crippen LogP contribution is -2.11. The van der Waals surface area contributed by atoms with Gasteiger partial charge in [0.15, 0.2) is 0 Å². The van der Waals surface area contributed by atoms with Crippen LogP contribution in [0.1, 0.15) is 6.42 Å². The van der Waals surface area contributed by atoms with Crippen molar-refractivity contribution in [1.82, 2.24) is 0 Å². The van der Waals surface area contributed by atoms with Gasteiger partial charge in [-0.15, -0.1) is 11.8 Å². The molecule has 1 amide bonds. The van der Waals surface area contributed by atoms with E-state index in [1.807, 2.05) is 18.2 Å². The lowest BCUT2D eigenvalue weighted by molar-refractivity contribution is -0.115. The highest BCUT2D eigenvalue weighted by atomic mass is 32.2. The van der Waals surface area contributed by atoms with Crippen LogP contribution in [0.5, 0.6) is 0 Å². The van der Waals surface area contributed by atoms with Crippen molar-refractivity contribution >= 4 is 23.4 Å². The standard InChI is InChI=1S/C15H13F2NOS/c16-11-6-7-14(13(17)10-11)20-9-8-15(19)18-12-4-2-1-3-5-12/h1-7,10H,8-9H2,(H,18,19). The van der Waals surface area contributed by atoms with Crippen molar-refractivity contribution in [3.63, 3.8) is 0 Å². The predicted octanol–water partition coefficient (Wildman–Crippen LogP) is 4.09. The van der Waals surface area contributed by atoms with E-state index in [1.165, 1.54) is 23.9 Å². The monoisotopic (exact) mass is 293 g/mol. The van der Waals surface area contributed by atoms with Gasteiger partial charge < -0.3 is 5.32 Å². The summed E-state index contributed by atoms with van der Waals surface area (Å²) in [5.74, 6) is -0.903. The molecule has 0 bridgehead atoms. The second kappa shape index (κ2) is 7.05. The number of nitrogens with one attached hydrogen (secondary N) is 1. The Morgan fingerprint density at radius 3 is 2.55 bits per heavy atom. The van der Waals surface area contributed by atoms with Crippen molar-refractivity contribution < 1.29 is 13.6 Å². The maximum Gasteiger partial charge on any atom is 0.225 e. The third kappa shape index (κ3) is 4.35. The largest absolute Gasteiger partial charge is 0.326 e. The highest BCUT2D eigenvalue weighted by Crippen LogP contribution is 2.23. The van der Waals surface area contributed by atoms with Crippen LogP contribution in [0.4, 0.5) is 14.5 Å². The van der Waals surface area contributed by atoms with Crippen molar-refractivity contribution in [3.05, 3.63) is 60.2 Å². The Balaban J connectivity index is 1.79. The van der Waals surface area contributed by atoms with Gasteiger partial charge in [-0.25, -0.2) is 8.78 Å². The Hall–Kier alpha value is -1.88. The average Bonchev–Trinajstić information content (AvgIpc) is 2.42. The maximum atomic E-state index is 13.4. The summed E-state index contributed by atoms with van der Waals surface area (Å²) in [4.78, 5) is 12.0. The Labute approximate surface area is 120 Å². The third-order valence-corrected chi connectivity index (χ3v) is 3.59. The number of rotatable bonds is 5. The summed E-state index contributed by atoms with van der Waals surface area (Å²) in [6.45, 7) is 0. The van der Waals surface area contributed by atoms with E-state index in [0.29, 0.717) is 10.6 Å². The van der Waals surface area contributed by atoms with E-state index in [9.17, 15) is 13.6 Å². The Morgan fingerprint density at radius 1 is 1.10 bits per heavy atom. The van der Waals surface area contributed by atoms with Gasteiger partial charge >= 0.3 is 0 Å². The summed E-state index contributed by atoms with van der Waals surface area (Å²) in [6, 6.07) is 12.5. The van der Waals surface area contributed by atoms with E-state index < -0.39 is 11.6 Å². The third-order valence-electron chi connectivity index (χ3n) is 2.54. The number of halogens is 2. The quantitative estimate of drug-likeness (QED) is 0.841. The molecule has 2 aromatic rings. The minimum atomic E-state index is -0.603. The zero-order valence-corrected chi connectivity index (χ0v) is 11.4. The number of hydrogen-bond acceptors (Lipinski definition) is 2. The molecule has 104 valence electrons. The number of amides is 1. The molecule has 20 heavy (non-hydrogen) atoms. The zero-order chi connectivity index (χ0) is 14.4. The molecule has 2 aromatic carbocycles. The molecule has 0 aromatic heterocycles. The second-order valence-corrected chi connectivity index (χ2v) is 5.22. The van der Waals surface area contributed by atoms with Gasteiger partial charge in [0.05, 0.1) is 0 Å². The van der Waals surface area contributed by atoms with E-state index in [4.69, 9.17) is 0 Å². The SMILES string of the molecule is O=C(CCSc1ccc(F)cc1F)Nc1ccccc1. The van der Waals surface area contributed by atoms with Crippen molar-refractivity contribution in [1.29, 1.82) is 0 Å². The summed E-state index contributed by atoms with van der Waals surface area (Å²) in [5.41, 5.74) is 0.732. The molecule has 0 aliphatic rings. The fourth-order valence-electron chi connectivity index (χ4n) is 1.59. The van der Waals surface area contributed by atoms with E-state index in [-0.39, 0.29) is 12.3 Å². The smallest absolute Gasteiger partial charge is 0.225 e. The number of carbonyl (C=O) groups excluding carboxylic acids is 1. The Kier molecular flexibility index (Phi) is 5.12. The summed E-state index contributed by atoms with van der Waals surface area (Å²) in [7, 11) is 0. The van der Waals surface area contributed by atoms with E-state index in [2.05, 4.69) is 5.32 Å². The van der Waals surface area contributed by atoms with Gasteiger partial charge in [-0.3, -0.25) is 4.79 Å². The van der Waals surface area contributed by atoms with Crippen LogP contribution in [0.25, 0.3) is 0 Å². The predicted molar refractivity (Wildman–Crippen MR) is 76.8 cm³/mol. The molecule has 2 rings (SSSR count). The van der Waals surface area contributed by atoms with Crippen LogP contribution in [0.3, 0.4) is 0 Å². The number of carbonyl (C=O) groups is 1. The lowest BCUT2D eigenvalue weighted by Gasteiger charge is -2.05. The molecular weight excluding hydrogens is 280 g/mol. The van der Waals surface area contributed by atoms with Crippen molar-refractivity contribution in [2.75, 3.05) is 11.1 Å².